The van der Waals surface area contributed by atoms with Crippen molar-refractivity contribution in [2.45, 2.75) is 51.4 Å². The quantitative estimate of drug-likeness (QED) is 0.569. The smallest absolute Gasteiger partial charge is 0.165 e. The number of benzene rings is 1. The van der Waals surface area contributed by atoms with Crippen LogP contribution in [0, 0.1) is 0 Å². The first-order chi connectivity index (χ1) is 12.8. The van der Waals surface area contributed by atoms with E-state index in [-0.39, 0.29) is 12.4 Å². The van der Waals surface area contributed by atoms with Crippen molar-refractivity contribution < 1.29 is 4.42 Å². The SMILES string of the molecule is Cl.Clc1ccccc1CN(Cc1ccco1)Cc1nnnn1C1CCCC1. The second-order valence-electron chi connectivity index (χ2n) is 6.79. The molecule has 6 nitrogen and oxygen atoms in total. The topological polar surface area (TPSA) is 60.0 Å². The molecular formula is C19H23Cl2N5O. The van der Waals surface area contributed by atoms with E-state index >= 15 is 0 Å². The maximum atomic E-state index is 6.37. The summed E-state index contributed by atoms with van der Waals surface area (Å²) < 4.78 is 7.56. The predicted octanol–water partition coefficient (Wildman–Crippen LogP) is 4.66. The van der Waals surface area contributed by atoms with Crippen molar-refractivity contribution in [3.05, 3.63) is 64.8 Å². The Kier molecular flexibility index (Phi) is 6.88. The van der Waals surface area contributed by atoms with Gasteiger partial charge in [0, 0.05) is 11.6 Å². The van der Waals surface area contributed by atoms with E-state index in [4.69, 9.17) is 16.0 Å². The number of halogens is 2. The third-order valence-corrected chi connectivity index (χ3v) is 5.28. The number of tetrazole rings is 1. The lowest BCUT2D eigenvalue weighted by Gasteiger charge is -2.22. The summed E-state index contributed by atoms with van der Waals surface area (Å²) in [5.74, 6) is 1.81. The summed E-state index contributed by atoms with van der Waals surface area (Å²) in [6.45, 7) is 2.03. The Balaban J connectivity index is 0.00000210. The van der Waals surface area contributed by atoms with Crippen LogP contribution in [0.5, 0.6) is 0 Å². The molecule has 0 amide bonds. The highest BCUT2D eigenvalue weighted by molar-refractivity contribution is 6.31. The van der Waals surface area contributed by atoms with E-state index in [1.165, 1.54) is 12.8 Å². The van der Waals surface area contributed by atoms with E-state index in [0.29, 0.717) is 25.7 Å². The van der Waals surface area contributed by atoms with Crippen LogP contribution in [0.2, 0.25) is 5.02 Å². The normalized spacial score (nSPS) is 14.6. The minimum Gasteiger partial charge on any atom is -0.468 e. The summed E-state index contributed by atoms with van der Waals surface area (Å²) in [5.41, 5.74) is 1.08. The average Bonchev–Trinajstić information content (AvgIpc) is 3.38. The van der Waals surface area contributed by atoms with Gasteiger partial charge in [-0.1, -0.05) is 42.6 Å². The van der Waals surface area contributed by atoms with Gasteiger partial charge in [0.2, 0.25) is 0 Å². The van der Waals surface area contributed by atoms with Crippen LogP contribution >= 0.6 is 24.0 Å². The molecule has 1 aliphatic carbocycles. The van der Waals surface area contributed by atoms with Gasteiger partial charge in [0.25, 0.3) is 0 Å². The van der Waals surface area contributed by atoms with Gasteiger partial charge in [0.15, 0.2) is 5.82 Å². The molecule has 27 heavy (non-hydrogen) atoms. The van der Waals surface area contributed by atoms with Gasteiger partial charge in [-0.25, -0.2) is 4.68 Å². The van der Waals surface area contributed by atoms with Crippen LogP contribution in [-0.4, -0.2) is 25.1 Å². The monoisotopic (exact) mass is 407 g/mol. The highest BCUT2D eigenvalue weighted by atomic mass is 35.5. The lowest BCUT2D eigenvalue weighted by Crippen LogP contribution is -2.25. The number of rotatable bonds is 7. The maximum absolute atomic E-state index is 6.37. The van der Waals surface area contributed by atoms with Gasteiger partial charge in [-0.3, -0.25) is 4.90 Å². The number of hydrogen-bond donors (Lipinski definition) is 0. The fourth-order valence-corrected chi connectivity index (χ4v) is 3.80. The number of furan rings is 1. The zero-order chi connectivity index (χ0) is 17.8. The van der Waals surface area contributed by atoms with Gasteiger partial charge < -0.3 is 4.42 Å². The highest BCUT2D eigenvalue weighted by Gasteiger charge is 2.23. The molecule has 4 rings (SSSR count). The van der Waals surface area contributed by atoms with Crippen molar-refractivity contribution in [2.75, 3.05) is 0 Å². The summed E-state index contributed by atoms with van der Waals surface area (Å²) in [5, 5.41) is 13.2. The van der Waals surface area contributed by atoms with Gasteiger partial charge in [0.1, 0.15) is 5.76 Å². The summed E-state index contributed by atoms with van der Waals surface area (Å²) in [4.78, 5) is 2.26. The highest BCUT2D eigenvalue weighted by Crippen LogP contribution is 2.29. The summed E-state index contributed by atoms with van der Waals surface area (Å²) in [6.07, 6.45) is 6.51. The standard InChI is InChI=1S/C19H22ClN5O.ClH/c20-18-10-4-1-6-15(18)12-24(13-17-9-5-11-26-17)14-19-21-22-23-25(19)16-7-2-3-8-16;/h1,4-6,9-11,16H,2-3,7-8,12-14H2;1H. The molecule has 0 N–H and O–H groups in total. The molecule has 0 unspecified atom stereocenters. The second kappa shape index (κ2) is 9.35. The van der Waals surface area contributed by atoms with Crippen molar-refractivity contribution in [1.29, 1.82) is 0 Å². The molecule has 2 heterocycles. The molecule has 1 aliphatic rings. The van der Waals surface area contributed by atoms with Gasteiger partial charge in [0.05, 0.1) is 25.4 Å². The Morgan fingerprint density at radius 1 is 1.07 bits per heavy atom. The third-order valence-electron chi connectivity index (χ3n) is 4.91. The molecule has 3 aromatic rings. The molecule has 144 valence electrons. The van der Waals surface area contributed by atoms with Crippen LogP contribution in [-0.2, 0) is 19.6 Å². The van der Waals surface area contributed by atoms with Gasteiger partial charge >= 0.3 is 0 Å². The van der Waals surface area contributed by atoms with Crippen LogP contribution in [0.25, 0.3) is 0 Å². The van der Waals surface area contributed by atoms with E-state index in [1.54, 1.807) is 6.26 Å². The van der Waals surface area contributed by atoms with Crippen LogP contribution in [0.3, 0.4) is 0 Å². The Bertz CT molecular complexity index is 830. The van der Waals surface area contributed by atoms with Crippen LogP contribution in [0.4, 0.5) is 0 Å². The Labute approximate surface area is 169 Å². The van der Waals surface area contributed by atoms with Crippen molar-refractivity contribution in [3.63, 3.8) is 0 Å². The van der Waals surface area contributed by atoms with Gasteiger partial charge in [-0.2, -0.15) is 0 Å². The molecular weight excluding hydrogens is 385 g/mol. The number of hydrogen-bond acceptors (Lipinski definition) is 5. The van der Waals surface area contributed by atoms with E-state index in [2.05, 4.69) is 26.5 Å². The Hall–Kier alpha value is -1.89. The molecule has 1 fully saturated rings. The average molecular weight is 408 g/mol. The molecule has 1 saturated carbocycles. The van der Waals surface area contributed by atoms with Crippen molar-refractivity contribution in [1.82, 2.24) is 25.1 Å². The van der Waals surface area contributed by atoms with Crippen molar-refractivity contribution >= 4 is 24.0 Å². The van der Waals surface area contributed by atoms with Gasteiger partial charge in [-0.15, -0.1) is 17.5 Å². The predicted molar refractivity (Wildman–Crippen MR) is 106 cm³/mol. The minimum absolute atomic E-state index is 0. The van der Waals surface area contributed by atoms with Crippen LogP contribution in [0.1, 0.15) is 48.9 Å². The fourth-order valence-electron chi connectivity index (χ4n) is 3.61. The van der Waals surface area contributed by atoms with Crippen molar-refractivity contribution in [2.24, 2.45) is 0 Å². The summed E-state index contributed by atoms with van der Waals surface area (Å²) in [7, 11) is 0. The molecule has 0 bridgehead atoms. The zero-order valence-corrected chi connectivity index (χ0v) is 16.6. The van der Waals surface area contributed by atoms with E-state index in [9.17, 15) is 0 Å². The Morgan fingerprint density at radius 2 is 1.89 bits per heavy atom. The number of nitrogens with zero attached hydrogens (tertiary/aromatic N) is 5. The molecule has 0 radical (unpaired) electrons. The Morgan fingerprint density at radius 3 is 2.63 bits per heavy atom. The largest absolute Gasteiger partial charge is 0.468 e. The number of aromatic nitrogens is 4. The first-order valence-electron chi connectivity index (χ1n) is 9.04. The molecule has 0 atom stereocenters. The zero-order valence-electron chi connectivity index (χ0n) is 15.0. The first-order valence-corrected chi connectivity index (χ1v) is 9.42. The van der Waals surface area contributed by atoms with E-state index in [1.807, 2.05) is 35.0 Å². The maximum Gasteiger partial charge on any atom is 0.165 e. The molecule has 0 spiro atoms. The lowest BCUT2D eigenvalue weighted by molar-refractivity contribution is 0.214. The third kappa shape index (κ3) is 4.89. The summed E-state index contributed by atoms with van der Waals surface area (Å²) in [6, 6.07) is 12.2. The molecule has 8 heteroatoms. The van der Waals surface area contributed by atoms with Crippen LogP contribution < -0.4 is 0 Å². The van der Waals surface area contributed by atoms with Gasteiger partial charge in [-0.05, 0) is 47.0 Å². The van der Waals surface area contributed by atoms with E-state index < -0.39 is 0 Å². The summed E-state index contributed by atoms with van der Waals surface area (Å²) >= 11 is 6.37. The van der Waals surface area contributed by atoms with Crippen LogP contribution in [0.15, 0.2) is 47.1 Å². The first kappa shape index (κ1) is 19.9. The molecule has 0 aliphatic heterocycles. The van der Waals surface area contributed by atoms with Crippen molar-refractivity contribution in [3.8, 4) is 0 Å². The molecule has 1 aromatic carbocycles. The van der Waals surface area contributed by atoms with E-state index in [0.717, 1.165) is 35.0 Å². The fraction of sp³-hybridized carbons (Fsp3) is 0.421. The molecule has 2 aromatic heterocycles. The lowest BCUT2D eigenvalue weighted by atomic mass is 10.2. The minimum atomic E-state index is 0. The second-order valence-corrected chi connectivity index (χ2v) is 7.20. The molecule has 0 saturated heterocycles.